The minimum Gasteiger partial charge on any atom is -0.340 e. The van der Waals surface area contributed by atoms with E-state index in [1.54, 1.807) is 17.8 Å². The van der Waals surface area contributed by atoms with Crippen molar-refractivity contribution in [3.8, 4) is 11.3 Å². The van der Waals surface area contributed by atoms with Gasteiger partial charge in [0, 0.05) is 15.8 Å². The lowest BCUT2D eigenvalue weighted by Gasteiger charge is -2.21. The summed E-state index contributed by atoms with van der Waals surface area (Å²) in [5, 5.41) is 7.70. The monoisotopic (exact) mass is 443 g/mol. The number of nitrogens with zero attached hydrogens (tertiary/aromatic N) is 1. The summed E-state index contributed by atoms with van der Waals surface area (Å²) in [6, 6.07) is 12.9. The maximum atomic E-state index is 13.9. The van der Waals surface area contributed by atoms with Crippen LogP contribution in [0.15, 0.2) is 58.8 Å². The van der Waals surface area contributed by atoms with Crippen molar-refractivity contribution in [2.75, 3.05) is 11.6 Å². The number of hydrogen-bond acceptors (Lipinski definition) is 5. The van der Waals surface area contributed by atoms with Crippen LogP contribution < -0.4 is 10.6 Å². The SMILES string of the molecule is CSc1ccc(-c2csc(NC(=O)C(NC(=O)c3ccccc3F)C(C)C)n2)cc1. The van der Waals surface area contributed by atoms with Gasteiger partial charge in [-0.05, 0) is 36.4 Å². The van der Waals surface area contributed by atoms with Gasteiger partial charge in [0.25, 0.3) is 5.91 Å². The lowest BCUT2D eigenvalue weighted by atomic mass is 10.0. The Morgan fingerprint density at radius 3 is 2.43 bits per heavy atom. The number of anilines is 1. The topological polar surface area (TPSA) is 71.1 Å². The molecule has 0 saturated carbocycles. The fraction of sp³-hybridized carbons (Fsp3) is 0.227. The molecular weight excluding hydrogens is 421 g/mol. The molecule has 0 bridgehead atoms. The molecule has 1 unspecified atom stereocenters. The van der Waals surface area contributed by atoms with Gasteiger partial charge in [0.1, 0.15) is 11.9 Å². The van der Waals surface area contributed by atoms with Crippen molar-refractivity contribution < 1.29 is 14.0 Å². The molecule has 2 aromatic carbocycles. The number of rotatable bonds is 7. The Kier molecular flexibility index (Phi) is 7.23. The first-order valence-corrected chi connectivity index (χ1v) is 11.5. The second-order valence-electron chi connectivity index (χ2n) is 6.93. The molecule has 8 heteroatoms. The summed E-state index contributed by atoms with van der Waals surface area (Å²) in [5.74, 6) is -1.85. The first kappa shape index (κ1) is 22.0. The van der Waals surface area contributed by atoms with Gasteiger partial charge in [-0.2, -0.15) is 0 Å². The van der Waals surface area contributed by atoms with Crippen molar-refractivity contribution in [3.05, 3.63) is 65.3 Å². The number of amides is 2. The maximum absolute atomic E-state index is 13.9. The highest BCUT2D eigenvalue weighted by Gasteiger charge is 2.26. The summed E-state index contributed by atoms with van der Waals surface area (Å²) in [6.45, 7) is 3.62. The van der Waals surface area contributed by atoms with Crippen LogP contribution in [-0.4, -0.2) is 29.1 Å². The molecule has 0 radical (unpaired) electrons. The largest absolute Gasteiger partial charge is 0.340 e. The van der Waals surface area contributed by atoms with Crippen molar-refractivity contribution in [1.82, 2.24) is 10.3 Å². The zero-order valence-electron chi connectivity index (χ0n) is 16.8. The Morgan fingerprint density at radius 2 is 1.80 bits per heavy atom. The first-order valence-electron chi connectivity index (χ1n) is 9.35. The molecule has 0 aliphatic carbocycles. The van der Waals surface area contributed by atoms with E-state index < -0.39 is 23.7 Å². The van der Waals surface area contributed by atoms with Crippen LogP contribution in [0.1, 0.15) is 24.2 Å². The van der Waals surface area contributed by atoms with Gasteiger partial charge in [0.2, 0.25) is 5.91 Å². The summed E-state index contributed by atoms with van der Waals surface area (Å²) in [7, 11) is 0. The number of halogens is 1. The second kappa shape index (κ2) is 9.86. The Balaban J connectivity index is 1.70. The maximum Gasteiger partial charge on any atom is 0.254 e. The van der Waals surface area contributed by atoms with E-state index >= 15 is 0 Å². The van der Waals surface area contributed by atoms with Crippen molar-refractivity contribution in [2.45, 2.75) is 24.8 Å². The molecule has 0 spiro atoms. The number of carbonyl (C=O) groups excluding carboxylic acids is 2. The summed E-state index contributed by atoms with van der Waals surface area (Å²) in [6.07, 6.45) is 2.02. The van der Waals surface area contributed by atoms with Crippen LogP contribution in [0, 0.1) is 11.7 Å². The molecule has 0 fully saturated rings. The van der Waals surface area contributed by atoms with Crippen molar-refractivity contribution in [2.24, 2.45) is 5.92 Å². The second-order valence-corrected chi connectivity index (χ2v) is 8.67. The number of thioether (sulfide) groups is 1. The minimum absolute atomic E-state index is 0.0961. The highest BCUT2D eigenvalue weighted by molar-refractivity contribution is 7.98. The molecule has 1 heterocycles. The van der Waals surface area contributed by atoms with Gasteiger partial charge in [0.05, 0.1) is 11.3 Å². The van der Waals surface area contributed by atoms with Crippen molar-refractivity contribution in [3.63, 3.8) is 0 Å². The van der Waals surface area contributed by atoms with E-state index in [2.05, 4.69) is 15.6 Å². The van der Waals surface area contributed by atoms with E-state index in [0.717, 1.165) is 16.2 Å². The van der Waals surface area contributed by atoms with Crippen molar-refractivity contribution >= 4 is 40.0 Å². The smallest absolute Gasteiger partial charge is 0.254 e. The van der Waals surface area contributed by atoms with Gasteiger partial charge in [0.15, 0.2) is 5.13 Å². The van der Waals surface area contributed by atoms with Gasteiger partial charge < -0.3 is 10.6 Å². The number of aromatic nitrogens is 1. The van der Waals surface area contributed by atoms with Crippen LogP contribution in [-0.2, 0) is 4.79 Å². The molecule has 2 N–H and O–H groups in total. The molecule has 1 atom stereocenters. The predicted octanol–water partition coefficient (Wildman–Crippen LogP) is 5.06. The predicted molar refractivity (Wildman–Crippen MR) is 120 cm³/mol. The average Bonchev–Trinajstić information content (AvgIpc) is 3.20. The van der Waals surface area contributed by atoms with Crippen LogP contribution in [0.25, 0.3) is 11.3 Å². The average molecular weight is 444 g/mol. The van der Waals surface area contributed by atoms with Gasteiger partial charge in [-0.15, -0.1) is 23.1 Å². The lowest BCUT2D eigenvalue weighted by Crippen LogP contribution is -2.47. The number of thiazole rings is 1. The van der Waals surface area contributed by atoms with Gasteiger partial charge >= 0.3 is 0 Å². The van der Waals surface area contributed by atoms with E-state index in [0.29, 0.717) is 5.13 Å². The highest BCUT2D eigenvalue weighted by atomic mass is 32.2. The normalized spacial score (nSPS) is 11.9. The molecule has 5 nitrogen and oxygen atoms in total. The van der Waals surface area contributed by atoms with E-state index in [1.807, 2.05) is 49.7 Å². The summed E-state index contributed by atoms with van der Waals surface area (Å²) >= 11 is 2.97. The van der Waals surface area contributed by atoms with Gasteiger partial charge in [-0.3, -0.25) is 9.59 Å². The third-order valence-electron chi connectivity index (χ3n) is 4.47. The van der Waals surface area contributed by atoms with Gasteiger partial charge in [-0.25, -0.2) is 9.37 Å². The fourth-order valence-electron chi connectivity index (χ4n) is 2.81. The van der Waals surface area contributed by atoms with Crippen molar-refractivity contribution in [1.29, 1.82) is 0 Å². The fourth-order valence-corrected chi connectivity index (χ4v) is 3.94. The lowest BCUT2D eigenvalue weighted by molar-refractivity contribution is -0.118. The van der Waals surface area contributed by atoms with Crippen LogP contribution in [0.2, 0.25) is 0 Å². The molecule has 0 aliphatic heterocycles. The number of carbonyl (C=O) groups is 2. The molecule has 156 valence electrons. The quantitative estimate of drug-likeness (QED) is 0.501. The van der Waals surface area contributed by atoms with E-state index in [1.165, 1.54) is 29.5 Å². The zero-order chi connectivity index (χ0) is 21.7. The van der Waals surface area contributed by atoms with Crippen LogP contribution in [0.3, 0.4) is 0 Å². The standard InChI is InChI=1S/C22H22FN3O2S2/c1-13(2)19(25-20(27)16-6-4-5-7-17(16)23)21(28)26-22-24-18(12-30-22)14-8-10-15(29-3)11-9-14/h4-13,19H,1-3H3,(H,25,27)(H,24,26,28). The number of nitrogens with one attached hydrogen (secondary N) is 2. The Hall–Kier alpha value is -2.71. The zero-order valence-corrected chi connectivity index (χ0v) is 18.4. The molecule has 2 amide bonds. The molecule has 3 rings (SSSR count). The van der Waals surface area contributed by atoms with E-state index in [-0.39, 0.29) is 11.5 Å². The Labute approximate surface area is 183 Å². The summed E-state index contributed by atoms with van der Waals surface area (Å²) in [4.78, 5) is 30.8. The van der Waals surface area contributed by atoms with E-state index in [9.17, 15) is 14.0 Å². The molecule has 1 aromatic heterocycles. The molecular formula is C22H22FN3O2S2. The third kappa shape index (κ3) is 5.25. The van der Waals surface area contributed by atoms with Crippen LogP contribution in [0.5, 0.6) is 0 Å². The summed E-state index contributed by atoms with van der Waals surface area (Å²) < 4.78 is 13.9. The molecule has 0 aliphatic rings. The van der Waals surface area contributed by atoms with E-state index in [4.69, 9.17) is 0 Å². The Morgan fingerprint density at radius 1 is 1.10 bits per heavy atom. The Bertz CT molecular complexity index is 1030. The van der Waals surface area contributed by atoms with Crippen LogP contribution >= 0.6 is 23.1 Å². The third-order valence-corrected chi connectivity index (χ3v) is 5.98. The molecule has 30 heavy (non-hydrogen) atoms. The minimum atomic E-state index is -0.828. The molecule has 3 aromatic rings. The highest BCUT2D eigenvalue weighted by Crippen LogP contribution is 2.27. The van der Waals surface area contributed by atoms with Crippen LogP contribution in [0.4, 0.5) is 9.52 Å². The van der Waals surface area contributed by atoms with Gasteiger partial charge in [-0.1, -0.05) is 38.1 Å². The summed E-state index contributed by atoms with van der Waals surface area (Å²) in [5.41, 5.74) is 1.62. The first-order chi connectivity index (χ1) is 14.4. The molecule has 0 saturated heterocycles. The number of benzene rings is 2. The number of hydrogen-bond donors (Lipinski definition) is 2.